The molecule has 2 atom stereocenters. The summed E-state index contributed by atoms with van der Waals surface area (Å²) in [6.45, 7) is 5.66. The number of rotatable bonds is 5. The van der Waals surface area contributed by atoms with Gasteiger partial charge in [0.2, 0.25) is 11.8 Å². The van der Waals surface area contributed by atoms with Crippen molar-refractivity contribution in [1.29, 1.82) is 0 Å². The van der Waals surface area contributed by atoms with Crippen LogP contribution in [-0.2, 0) is 9.59 Å². The van der Waals surface area contributed by atoms with Crippen molar-refractivity contribution in [3.8, 4) is 0 Å². The molecule has 2 amide bonds. The SMILES string of the molecule is CC(=O)N1C[C@@H](N)CC[C@@H](C(=O)NCCNc2ccncc2C)C1. The van der Waals surface area contributed by atoms with E-state index in [1.807, 2.05) is 13.0 Å². The van der Waals surface area contributed by atoms with Crippen LogP contribution in [0.2, 0.25) is 0 Å². The Balaban J connectivity index is 1.79. The van der Waals surface area contributed by atoms with Crippen LogP contribution in [0.15, 0.2) is 18.5 Å². The van der Waals surface area contributed by atoms with Crippen molar-refractivity contribution in [2.45, 2.75) is 32.7 Å². The van der Waals surface area contributed by atoms with Crippen LogP contribution >= 0.6 is 0 Å². The number of carbonyl (C=O) groups is 2. The summed E-state index contributed by atoms with van der Waals surface area (Å²) < 4.78 is 0. The van der Waals surface area contributed by atoms with Crippen molar-refractivity contribution < 1.29 is 9.59 Å². The topological polar surface area (TPSA) is 100 Å². The largest absolute Gasteiger partial charge is 0.383 e. The molecule has 0 aromatic carbocycles. The van der Waals surface area contributed by atoms with E-state index in [4.69, 9.17) is 5.73 Å². The molecule has 0 aliphatic carbocycles. The van der Waals surface area contributed by atoms with Gasteiger partial charge in [-0.2, -0.15) is 0 Å². The number of amides is 2. The highest BCUT2D eigenvalue weighted by atomic mass is 16.2. The quantitative estimate of drug-likeness (QED) is 0.682. The summed E-state index contributed by atoms with van der Waals surface area (Å²) in [7, 11) is 0. The van der Waals surface area contributed by atoms with Gasteiger partial charge < -0.3 is 21.3 Å². The fraction of sp³-hybridized carbons (Fsp3) is 0.588. The summed E-state index contributed by atoms with van der Waals surface area (Å²) in [6.07, 6.45) is 5.01. The van der Waals surface area contributed by atoms with E-state index in [9.17, 15) is 9.59 Å². The van der Waals surface area contributed by atoms with Crippen LogP contribution in [0.5, 0.6) is 0 Å². The fourth-order valence-corrected chi connectivity index (χ4v) is 2.89. The molecule has 0 unspecified atom stereocenters. The predicted octanol–water partition coefficient (Wildman–Crippen LogP) is 0.504. The first kappa shape index (κ1) is 18.2. The van der Waals surface area contributed by atoms with Crippen LogP contribution in [0, 0.1) is 12.8 Å². The number of pyridine rings is 1. The standard InChI is InChI=1S/C17H27N5O2/c1-12-9-19-6-5-16(12)20-7-8-21-17(24)14-3-4-15(18)11-22(10-14)13(2)23/h5-6,9,14-15H,3-4,7-8,10-11,18H2,1-2H3,(H,19,20)(H,21,24)/t14-,15+/m1/s1. The molecule has 2 heterocycles. The third-order valence-electron chi connectivity index (χ3n) is 4.36. The van der Waals surface area contributed by atoms with Crippen LogP contribution in [-0.4, -0.2) is 53.9 Å². The van der Waals surface area contributed by atoms with Gasteiger partial charge in [-0.15, -0.1) is 0 Å². The number of likely N-dealkylation sites (tertiary alicyclic amines) is 1. The predicted molar refractivity (Wildman–Crippen MR) is 93.4 cm³/mol. The zero-order chi connectivity index (χ0) is 17.5. The first-order valence-electron chi connectivity index (χ1n) is 8.40. The molecule has 24 heavy (non-hydrogen) atoms. The van der Waals surface area contributed by atoms with Gasteiger partial charge in [0.15, 0.2) is 0 Å². The Morgan fingerprint density at radius 1 is 1.33 bits per heavy atom. The van der Waals surface area contributed by atoms with Crippen LogP contribution < -0.4 is 16.4 Å². The lowest BCUT2D eigenvalue weighted by Gasteiger charge is -2.23. The van der Waals surface area contributed by atoms with Crippen LogP contribution in [0.3, 0.4) is 0 Å². The molecule has 132 valence electrons. The third-order valence-corrected chi connectivity index (χ3v) is 4.36. The molecule has 0 spiro atoms. The maximum Gasteiger partial charge on any atom is 0.224 e. The smallest absolute Gasteiger partial charge is 0.224 e. The van der Waals surface area contributed by atoms with Gasteiger partial charge in [0.25, 0.3) is 0 Å². The molecule has 7 nitrogen and oxygen atoms in total. The van der Waals surface area contributed by atoms with Crippen molar-refractivity contribution in [1.82, 2.24) is 15.2 Å². The molecule has 2 rings (SSSR count). The van der Waals surface area contributed by atoms with E-state index < -0.39 is 0 Å². The van der Waals surface area contributed by atoms with E-state index in [1.165, 1.54) is 6.92 Å². The van der Waals surface area contributed by atoms with Crippen molar-refractivity contribution in [2.75, 3.05) is 31.5 Å². The van der Waals surface area contributed by atoms with Gasteiger partial charge in [0.05, 0.1) is 5.92 Å². The van der Waals surface area contributed by atoms with Gasteiger partial charge in [0, 0.05) is 57.2 Å². The minimum Gasteiger partial charge on any atom is -0.383 e. The number of hydrogen-bond donors (Lipinski definition) is 3. The van der Waals surface area contributed by atoms with Gasteiger partial charge in [-0.3, -0.25) is 14.6 Å². The highest BCUT2D eigenvalue weighted by Crippen LogP contribution is 2.16. The van der Waals surface area contributed by atoms with Gasteiger partial charge >= 0.3 is 0 Å². The van der Waals surface area contributed by atoms with Crippen molar-refractivity contribution >= 4 is 17.5 Å². The van der Waals surface area contributed by atoms with Gasteiger partial charge in [-0.25, -0.2) is 0 Å². The molecule has 0 saturated carbocycles. The average Bonchev–Trinajstić information content (AvgIpc) is 2.75. The zero-order valence-electron chi connectivity index (χ0n) is 14.4. The summed E-state index contributed by atoms with van der Waals surface area (Å²) in [5.74, 6) is -0.228. The summed E-state index contributed by atoms with van der Waals surface area (Å²) in [4.78, 5) is 29.7. The van der Waals surface area contributed by atoms with E-state index in [0.29, 0.717) is 32.6 Å². The maximum absolute atomic E-state index is 12.4. The molecule has 1 fully saturated rings. The van der Waals surface area contributed by atoms with E-state index in [0.717, 1.165) is 17.7 Å². The number of carbonyl (C=O) groups excluding carboxylic acids is 2. The molecular formula is C17H27N5O2. The fourth-order valence-electron chi connectivity index (χ4n) is 2.89. The van der Waals surface area contributed by atoms with E-state index >= 15 is 0 Å². The van der Waals surface area contributed by atoms with Crippen molar-refractivity contribution in [3.05, 3.63) is 24.0 Å². The summed E-state index contributed by atoms with van der Waals surface area (Å²) in [6, 6.07) is 1.86. The molecule has 7 heteroatoms. The zero-order valence-corrected chi connectivity index (χ0v) is 14.4. The number of nitrogens with two attached hydrogens (primary N) is 1. The van der Waals surface area contributed by atoms with Gasteiger partial charge in [-0.1, -0.05) is 0 Å². The number of nitrogens with one attached hydrogen (secondary N) is 2. The molecule has 1 aliphatic rings. The number of aryl methyl sites for hydroxylation is 1. The number of nitrogens with zero attached hydrogens (tertiary/aromatic N) is 2. The molecular weight excluding hydrogens is 306 g/mol. The first-order chi connectivity index (χ1) is 11.5. The Bertz CT molecular complexity index is 578. The molecule has 1 aliphatic heterocycles. The van der Waals surface area contributed by atoms with E-state index in [1.54, 1.807) is 17.3 Å². The van der Waals surface area contributed by atoms with E-state index in [-0.39, 0.29) is 23.8 Å². The Kier molecular flexibility index (Phi) is 6.54. The second-order valence-corrected chi connectivity index (χ2v) is 6.37. The second-order valence-electron chi connectivity index (χ2n) is 6.37. The molecule has 0 radical (unpaired) electrons. The van der Waals surface area contributed by atoms with Crippen LogP contribution in [0.4, 0.5) is 5.69 Å². The number of aromatic nitrogens is 1. The number of anilines is 1. The Labute approximate surface area is 143 Å². The maximum atomic E-state index is 12.4. The van der Waals surface area contributed by atoms with Gasteiger partial charge in [-0.05, 0) is 31.4 Å². The third kappa shape index (κ3) is 5.19. The lowest BCUT2D eigenvalue weighted by atomic mass is 10.0. The lowest BCUT2D eigenvalue weighted by molar-refractivity contribution is -0.131. The van der Waals surface area contributed by atoms with Crippen molar-refractivity contribution in [2.24, 2.45) is 11.7 Å². The van der Waals surface area contributed by atoms with Crippen LogP contribution in [0.25, 0.3) is 0 Å². The highest BCUT2D eigenvalue weighted by molar-refractivity contribution is 5.80. The van der Waals surface area contributed by atoms with E-state index in [2.05, 4.69) is 15.6 Å². The average molecular weight is 333 g/mol. The Hall–Kier alpha value is -2.15. The molecule has 1 aromatic heterocycles. The van der Waals surface area contributed by atoms with Gasteiger partial charge in [0.1, 0.15) is 0 Å². The first-order valence-corrected chi connectivity index (χ1v) is 8.40. The Morgan fingerprint density at radius 3 is 2.83 bits per heavy atom. The Morgan fingerprint density at radius 2 is 2.12 bits per heavy atom. The lowest BCUT2D eigenvalue weighted by Crippen LogP contribution is -2.42. The minimum atomic E-state index is -0.190. The normalized spacial score (nSPS) is 21.0. The summed E-state index contributed by atoms with van der Waals surface area (Å²) in [5.41, 5.74) is 8.07. The van der Waals surface area contributed by atoms with Crippen LogP contribution in [0.1, 0.15) is 25.3 Å². The highest BCUT2D eigenvalue weighted by Gasteiger charge is 2.27. The molecule has 1 aromatic rings. The summed E-state index contributed by atoms with van der Waals surface area (Å²) in [5, 5.41) is 6.23. The second kappa shape index (κ2) is 8.63. The number of hydrogen-bond acceptors (Lipinski definition) is 5. The molecule has 1 saturated heterocycles. The summed E-state index contributed by atoms with van der Waals surface area (Å²) >= 11 is 0. The monoisotopic (exact) mass is 333 g/mol. The van der Waals surface area contributed by atoms with Crippen molar-refractivity contribution in [3.63, 3.8) is 0 Å². The minimum absolute atomic E-state index is 0.0106. The molecule has 0 bridgehead atoms. The molecule has 4 N–H and O–H groups in total.